The van der Waals surface area contributed by atoms with Gasteiger partial charge in [0.15, 0.2) is 5.16 Å². The van der Waals surface area contributed by atoms with Crippen molar-refractivity contribution >= 4 is 23.4 Å². The number of aromatic amines is 1. The number of H-pyrrole nitrogens is 1. The topological polar surface area (TPSA) is 53.6 Å². The van der Waals surface area contributed by atoms with Crippen LogP contribution in [0.5, 0.6) is 0 Å². The minimum atomic E-state index is 0.437. The fourth-order valence-corrected chi connectivity index (χ4v) is 2.45. The fraction of sp³-hybridized carbons (Fsp3) is 0.333. The molecule has 1 aromatic heterocycles. The number of nitrogens with zero attached hydrogens (tertiary/aromatic N) is 2. The van der Waals surface area contributed by atoms with E-state index in [9.17, 15) is 0 Å². The highest BCUT2D eigenvalue weighted by molar-refractivity contribution is 7.99. The molecule has 0 radical (unpaired) electrons. The summed E-state index contributed by atoms with van der Waals surface area (Å²) in [5.74, 6) is 0. The van der Waals surface area contributed by atoms with Crippen LogP contribution < -0.4 is 5.32 Å². The van der Waals surface area contributed by atoms with Crippen LogP contribution in [0.25, 0.3) is 0 Å². The van der Waals surface area contributed by atoms with Crippen LogP contribution in [0.3, 0.4) is 0 Å². The van der Waals surface area contributed by atoms with Gasteiger partial charge < -0.3 is 5.32 Å². The van der Waals surface area contributed by atoms with E-state index in [4.69, 9.17) is 11.6 Å². The molecule has 0 bridgehead atoms. The van der Waals surface area contributed by atoms with Crippen molar-refractivity contribution in [2.45, 2.75) is 36.5 Å². The van der Waals surface area contributed by atoms with Crippen molar-refractivity contribution in [1.29, 1.82) is 0 Å². The SMILES string of the molecule is CC(C)NCc1cc(Cl)ccc1Sc1ncn[nH]1. The average molecular weight is 283 g/mol. The van der Waals surface area contributed by atoms with E-state index in [0.717, 1.165) is 27.2 Å². The van der Waals surface area contributed by atoms with Gasteiger partial charge in [0.25, 0.3) is 0 Å². The lowest BCUT2D eigenvalue weighted by Gasteiger charge is -2.12. The van der Waals surface area contributed by atoms with Crippen molar-refractivity contribution in [2.24, 2.45) is 0 Å². The number of nitrogens with one attached hydrogen (secondary N) is 2. The van der Waals surface area contributed by atoms with Crippen LogP contribution in [-0.4, -0.2) is 21.2 Å². The molecule has 2 aromatic rings. The molecule has 96 valence electrons. The van der Waals surface area contributed by atoms with Crippen LogP contribution in [0, 0.1) is 0 Å². The van der Waals surface area contributed by atoms with E-state index < -0.39 is 0 Å². The van der Waals surface area contributed by atoms with Gasteiger partial charge in [0, 0.05) is 22.5 Å². The Morgan fingerprint density at radius 3 is 2.94 bits per heavy atom. The molecule has 1 aromatic carbocycles. The molecule has 0 aliphatic rings. The minimum Gasteiger partial charge on any atom is -0.310 e. The van der Waals surface area contributed by atoms with Crippen LogP contribution >= 0.6 is 23.4 Å². The lowest BCUT2D eigenvalue weighted by atomic mass is 10.2. The van der Waals surface area contributed by atoms with Gasteiger partial charge in [-0.05, 0) is 23.8 Å². The lowest BCUT2D eigenvalue weighted by Crippen LogP contribution is -2.22. The standard InChI is InChI=1S/C12H15ClN4S/c1-8(2)14-6-9-5-10(13)3-4-11(9)18-12-15-7-16-17-12/h3-5,7-8,14H,6H2,1-2H3,(H,15,16,17). The highest BCUT2D eigenvalue weighted by Crippen LogP contribution is 2.29. The van der Waals surface area contributed by atoms with Gasteiger partial charge in [-0.25, -0.2) is 4.98 Å². The van der Waals surface area contributed by atoms with Crippen molar-refractivity contribution < 1.29 is 0 Å². The Morgan fingerprint density at radius 1 is 1.44 bits per heavy atom. The van der Waals surface area contributed by atoms with Gasteiger partial charge in [-0.1, -0.05) is 37.2 Å². The molecule has 0 amide bonds. The number of halogens is 1. The van der Waals surface area contributed by atoms with Gasteiger partial charge in [-0.2, -0.15) is 5.10 Å². The molecular weight excluding hydrogens is 268 g/mol. The first-order valence-electron chi connectivity index (χ1n) is 5.70. The Morgan fingerprint density at radius 2 is 2.28 bits per heavy atom. The van der Waals surface area contributed by atoms with E-state index in [0.29, 0.717) is 6.04 Å². The van der Waals surface area contributed by atoms with Crippen LogP contribution in [0.2, 0.25) is 5.02 Å². The summed E-state index contributed by atoms with van der Waals surface area (Å²) in [7, 11) is 0. The molecule has 18 heavy (non-hydrogen) atoms. The first-order valence-corrected chi connectivity index (χ1v) is 6.89. The summed E-state index contributed by atoms with van der Waals surface area (Å²) < 4.78 is 0. The van der Waals surface area contributed by atoms with Crippen LogP contribution in [-0.2, 0) is 6.54 Å². The summed E-state index contributed by atoms with van der Waals surface area (Å²) in [5.41, 5.74) is 1.16. The van der Waals surface area contributed by atoms with Crippen molar-refractivity contribution in [3.63, 3.8) is 0 Å². The number of hydrogen-bond donors (Lipinski definition) is 2. The van der Waals surface area contributed by atoms with E-state index in [-0.39, 0.29) is 0 Å². The van der Waals surface area contributed by atoms with Crippen molar-refractivity contribution in [3.8, 4) is 0 Å². The van der Waals surface area contributed by atoms with E-state index in [1.54, 1.807) is 11.8 Å². The zero-order valence-corrected chi connectivity index (χ0v) is 11.8. The van der Waals surface area contributed by atoms with Gasteiger partial charge in [-0.3, -0.25) is 5.10 Å². The Labute approximate surface area is 116 Å². The molecule has 6 heteroatoms. The Hall–Kier alpha value is -1.04. The molecule has 0 fully saturated rings. The number of rotatable bonds is 5. The lowest BCUT2D eigenvalue weighted by molar-refractivity contribution is 0.585. The highest BCUT2D eigenvalue weighted by Gasteiger charge is 2.07. The normalized spacial score (nSPS) is 11.1. The van der Waals surface area contributed by atoms with Crippen molar-refractivity contribution in [3.05, 3.63) is 35.1 Å². The Bertz CT molecular complexity index is 499. The molecule has 0 spiro atoms. The second kappa shape index (κ2) is 6.22. The zero-order valence-electron chi connectivity index (χ0n) is 10.3. The summed E-state index contributed by atoms with van der Waals surface area (Å²) >= 11 is 7.59. The van der Waals surface area contributed by atoms with Crippen molar-refractivity contribution in [2.75, 3.05) is 0 Å². The average Bonchev–Trinajstić information content (AvgIpc) is 2.82. The minimum absolute atomic E-state index is 0.437. The van der Waals surface area contributed by atoms with Gasteiger partial charge in [0.1, 0.15) is 6.33 Å². The van der Waals surface area contributed by atoms with Crippen LogP contribution in [0.1, 0.15) is 19.4 Å². The Balaban J connectivity index is 2.17. The maximum atomic E-state index is 6.04. The summed E-state index contributed by atoms with van der Waals surface area (Å²) in [6.07, 6.45) is 1.50. The quantitative estimate of drug-likeness (QED) is 0.885. The van der Waals surface area contributed by atoms with Gasteiger partial charge >= 0.3 is 0 Å². The molecule has 2 rings (SSSR count). The number of hydrogen-bond acceptors (Lipinski definition) is 4. The molecule has 0 saturated heterocycles. The fourth-order valence-electron chi connectivity index (χ4n) is 1.45. The summed E-state index contributed by atoms with van der Waals surface area (Å²) in [5, 5.41) is 11.6. The molecule has 0 unspecified atom stereocenters. The van der Waals surface area contributed by atoms with Crippen molar-refractivity contribution in [1.82, 2.24) is 20.5 Å². The molecule has 2 N–H and O–H groups in total. The van der Waals surface area contributed by atoms with Gasteiger partial charge in [0.2, 0.25) is 0 Å². The molecule has 0 saturated carbocycles. The van der Waals surface area contributed by atoms with Crippen LogP contribution in [0.4, 0.5) is 0 Å². The summed E-state index contributed by atoms with van der Waals surface area (Å²) in [6, 6.07) is 6.31. The molecule has 0 aliphatic heterocycles. The second-order valence-electron chi connectivity index (χ2n) is 4.18. The summed E-state index contributed by atoms with van der Waals surface area (Å²) in [4.78, 5) is 5.24. The molecule has 4 nitrogen and oxygen atoms in total. The third kappa shape index (κ3) is 3.73. The van der Waals surface area contributed by atoms with E-state index in [1.165, 1.54) is 6.33 Å². The molecule has 1 heterocycles. The predicted molar refractivity (Wildman–Crippen MR) is 73.9 cm³/mol. The van der Waals surface area contributed by atoms with Gasteiger partial charge in [-0.15, -0.1) is 0 Å². The maximum Gasteiger partial charge on any atom is 0.188 e. The largest absolute Gasteiger partial charge is 0.310 e. The highest BCUT2D eigenvalue weighted by atomic mass is 35.5. The monoisotopic (exact) mass is 282 g/mol. The summed E-state index contributed by atoms with van der Waals surface area (Å²) in [6.45, 7) is 5.02. The third-order valence-corrected chi connectivity index (χ3v) is 3.57. The van der Waals surface area contributed by atoms with Crippen LogP contribution in [0.15, 0.2) is 34.6 Å². The first-order chi connectivity index (χ1) is 8.65. The van der Waals surface area contributed by atoms with E-state index >= 15 is 0 Å². The smallest absolute Gasteiger partial charge is 0.188 e. The zero-order chi connectivity index (χ0) is 13.0. The first kappa shape index (κ1) is 13.4. The third-order valence-electron chi connectivity index (χ3n) is 2.32. The molecule has 0 aliphatic carbocycles. The molecule has 0 atom stereocenters. The Kier molecular flexibility index (Phi) is 4.63. The van der Waals surface area contributed by atoms with Gasteiger partial charge in [0.05, 0.1) is 0 Å². The number of aromatic nitrogens is 3. The number of benzene rings is 1. The predicted octanol–water partition coefficient (Wildman–Crippen LogP) is 3.11. The van der Waals surface area contributed by atoms with E-state index in [2.05, 4.69) is 34.3 Å². The second-order valence-corrected chi connectivity index (χ2v) is 5.65. The maximum absolute atomic E-state index is 6.04. The van der Waals surface area contributed by atoms with E-state index in [1.807, 2.05) is 18.2 Å². The molecular formula is C12H15ClN4S.